The molecule has 21 heavy (non-hydrogen) atoms. The lowest BCUT2D eigenvalue weighted by Gasteiger charge is -2.21. The second kappa shape index (κ2) is 6.55. The fourth-order valence-electron chi connectivity index (χ4n) is 2.22. The number of halogens is 3. The van der Waals surface area contributed by atoms with Gasteiger partial charge in [0, 0.05) is 19.3 Å². The summed E-state index contributed by atoms with van der Waals surface area (Å²) in [6.45, 7) is 2.45. The lowest BCUT2D eigenvalue weighted by atomic mass is 9.90. The summed E-state index contributed by atoms with van der Waals surface area (Å²) in [4.78, 5) is -0.0561. The van der Waals surface area contributed by atoms with Crippen LogP contribution in [0.1, 0.15) is 13.3 Å². The number of hydrogen-bond donors (Lipinski definition) is 1. The van der Waals surface area contributed by atoms with Crippen molar-refractivity contribution in [3.05, 3.63) is 12.4 Å². The third-order valence-corrected chi connectivity index (χ3v) is 5.39. The molecule has 0 bridgehead atoms. The van der Waals surface area contributed by atoms with Gasteiger partial charge < -0.3 is 5.73 Å². The summed E-state index contributed by atoms with van der Waals surface area (Å²) in [5, 5.41) is 3.66. The quantitative estimate of drug-likeness (QED) is 0.861. The van der Waals surface area contributed by atoms with E-state index in [1.807, 2.05) is 6.92 Å². The summed E-state index contributed by atoms with van der Waals surface area (Å²) in [5.74, 6) is 0. The molecule has 0 aromatic carbocycles. The minimum absolute atomic E-state index is 0. The Balaban J connectivity index is 0.00000220. The van der Waals surface area contributed by atoms with Gasteiger partial charge in [0.1, 0.15) is 11.4 Å². The minimum Gasteiger partial charge on any atom is -0.330 e. The van der Waals surface area contributed by atoms with E-state index in [1.165, 1.54) is 4.31 Å². The smallest absolute Gasteiger partial charge is 0.257 e. The van der Waals surface area contributed by atoms with Crippen LogP contribution in [0.2, 0.25) is 0 Å². The monoisotopic (exact) mass is 344 g/mol. The molecular weight excluding hydrogens is 326 g/mol. The second-order valence-electron chi connectivity index (χ2n) is 5.39. The first kappa shape index (κ1) is 18.3. The number of alkyl halides is 2. The van der Waals surface area contributed by atoms with Crippen LogP contribution in [-0.4, -0.2) is 48.6 Å². The van der Waals surface area contributed by atoms with Gasteiger partial charge in [0.2, 0.25) is 10.0 Å². The Labute approximate surface area is 128 Å². The Bertz CT molecular complexity index is 581. The molecule has 1 aliphatic rings. The average molecular weight is 345 g/mol. The summed E-state index contributed by atoms with van der Waals surface area (Å²) in [5.41, 5.74) is 5.42. The lowest BCUT2D eigenvalue weighted by molar-refractivity contribution is 0.121. The maximum Gasteiger partial charge on any atom is 0.257 e. The molecule has 2 heterocycles. The number of sulfonamides is 1. The van der Waals surface area contributed by atoms with Crippen molar-refractivity contribution in [1.82, 2.24) is 14.1 Å². The fourth-order valence-corrected chi connectivity index (χ4v) is 3.77. The standard InChI is InChI=1S/C11H18F2N4O2S.ClH/c1-11(7-14)2-3-17(8-11)20(18,19)9-4-15-16(5-9)6-10(12)13;/h4-5,10H,2-3,6-8,14H2,1H3;1H. The van der Waals surface area contributed by atoms with Gasteiger partial charge in [-0.3, -0.25) is 4.68 Å². The van der Waals surface area contributed by atoms with Gasteiger partial charge in [-0.15, -0.1) is 12.4 Å². The van der Waals surface area contributed by atoms with Crippen LogP contribution >= 0.6 is 12.4 Å². The molecule has 0 aliphatic carbocycles. The van der Waals surface area contributed by atoms with Gasteiger partial charge in [0.15, 0.2) is 0 Å². The molecule has 2 N–H and O–H groups in total. The second-order valence-corrected chi connectivity index (χ2v) is 7.33. The van der Waals surface area contributed by atoms with Crippen LogP contribution in [-0.2, 0) is 16.6 Å². The van der Waals surface area contributed by atoms with Crippen LogP contribution in [0.15, 0.2) is 17.3 Å². The van der Waals surface area contributed by atoms with Crippen molar-refractivity contribution in [1.29, 1.82) is 0 Å². The van der Waals surface area contributed by atoms with Crippen LogP contribution < -0.4 is 5.73 Å². The largest absolute Gasteiger partial charge is 0.330 e. The summed E-state index contributed by atoms with van der Waals surface area (Å²) in [7, 11) is -3.69. The molecule has 1 unspecified atom stereocenters. The van der Waals surface area contributed by atoms with Crippen LogP contribution in [0.5, 0.6) is 0 Å². The van der Waals surface area contributed by atoms with Crippen LogP contribution in [0.4, 0.5) is 8.78 Å². The first-order valence-corrected chi connectivity index (χ1v) is 7.72. The highest BCUT2D eigenvalue weighted by molar-refractivity contribution is 7.89. The van der Waals surface area contributed by atoms with E-state index < -0.39 is 23.0 Å². The fraction of sp³-hybridized carbons (Fsp3) is 0.727. The SMILES string of the molecule is CC1(CN)CCN(S(=O)(=O)c2cnn(CC(F)F)c2)C1.Cl. The zero-order valence-corrected chi connectivity index (χ0v) is 13.2. The number of hydrogen-bond acceptors (Lipinski definition) is 4. The molecule has 1 saturated heterocycles. The summed E-state index contributed by atoms with van der Waals surface area (Å²) < 4.78 is 51.5. The van der Waals surface area contributed by atoms with E-state index in [9.17, 15) is 17.2 Å². The maximum atomic E-state index is 12.4. The van der Waals surface area contributed by atoms with Crippen molar-refractivity contribution in [2.24, 2.45) is 11.1 Å². The van der Waals surface area contributed by atoms with Gasteiger partial charge >= 0.3 is 0 Å². The van der Waals surface area contributed by atoms with Crippen LogP contribution in [0, 0.1) is 5.41 Å². The van der Waals surface area contributed by atoms with E-state index in [4.69, 9.17) is 5.73 Å². The van der Waals surface area contributed by atoms with Gasteiger partial charge in [0.25, 0.3) is 6.43 Å². The molecule has 0 spiro atoms. The van der Waals surface area contributed by atoms with Crippen molar-refractivity contribution in [2.75, 3.05) is 19.6 Å². The zero-order chi connectivity index (χ0) is 15.0. The van der Waals surface area contributed by atoms with Gasteiger partial charge in [0.05, 0.1) is 6.20 Å². The highest BCUT2D eigenvalue weighted by Gasteiger charge is 2.39. The van der Waals surface area contributed by atoms with Crippen molar-refractivity contribution in [2.45, 2.75) is 31.2 Å². The minimum atomic E-state index is -3.69. The molecule has 0 amide bonds. The highest BCUT2D eigenvalue weighted by Crippen LogP contribution is 2.32. The predicted octanol–water partition coefficient (Wildman–Crippen LogP) is 0.929. The molecule has 1 aromatic heterocycles. The van der Waals surface area contributed by atoms with Gasteiger partial charge in [-0.1, -0.05) is 6.92 Å². The molecular formula is C11H19ClF2N4O2S. The molecule has 1 aromatic rings. The summed E-state index contributed by atoms with van der Waals surface area (Å²) >= 11 is 0. The Hall–Kier alpha value is -0.770. The third kappa shape index (κ3) is 3.91. The third-order valence-electron chi connectivity index (χ3n) is 3.59. The van der Waals surface area contributed by atoms with E-state index in [1.54, 1.807) is 0 Å². The number of aromatic nitrogens is 2. The molecule has 122 valence electrons. The predicted molar refractivity (Wildman–Crippen MR) is 76.0 cm³/mol. The first-order valence-electron chi connectivity index (χ1n) is 6.28. The van der Waals surface area contributed by atoms with Crippen molar-refractivity contribution in [3.63, 3.8) is 0 Å². The van der Waals surface area contributed by atoms with Crippen LogP contribution in [0.25, 0.3) is 0 Å². The summed E-state index contributed by atoms with van der Waals surface area (Å²) in [6.07, 6.45) is 0.362. The van der Waals surface area contributed by atoms with Gasteiger partial charge in [-0.25, -0.2) is 17.2 Å². The number of nitrogens with zero attached hydrogens (tertiary/aromatic N) is 3. The van der Waals surface area contributed by atoms with E-state index in [-0.39, 0.29) is 22.7 Å². The molecule has 1 atom stereocenters. The van der Waals surface area contributed by atoms with Crippen molar-refractivity contribution in [3.8, 4) is 0 Å². The van der Waals surface area contributed by atoms with Crippen molar-refractivity contribution < 1.29 is 17.2 Å². The molecule has 2 rings (SSSR count). The maximum absolute atomic E-state index is 12.4. The zero-order valence-electron chi connectivity index (χ0n) is 11.6. The van der Waals surface area contributed by atoms with E-state index >= 15 is 0 Å². The average Bonchev–Trinajstić information content (AvgIpc) is 2.97. The Kier molecular flexibility index (Phi) is 5.70. The van der Waals surface area contributed by atoms with Crippen molar-refractivity contribution >= 4 is 22.4 Å². The number of nitrogens with two attached hydrogens (primary N) is 1. The topological polar surface area (TPSA) is 81.2 Å². The molecule has 10 heteroatoms. The molecule has 0 radical (unpaired) electrons. The van der Waals surface area contributed by atoms with Gasteiger partial charge in [-0.05, 0) is 18.4 Å². The molecule has 6 nitrogen and oxygen atoms in total. The number of rotatable bonds is 5. The Morgan fingerprint density at radius 3 is 2.71 bits per heavy atom. The summed E-state index contributed by atoms with van der Waals surface area (Å²) in [6, 6.07) is 0. The van der Waals surface area contributed by atoms with Crippen LogP contribution in [0.3, 0.4) is 0 Å². The molecule has 0 saturated carbocycles. The van der Waals surface area contributed by atoms with E-state index in [0.717, 1.165) is 17.1 Å². The Morgan fingerprint density at radius 2 is 2.19 bits per heavy atom. The van der Waals surface area contributed by atoms with Gasteiger partial charge in [-0.2, -0.15) is 9.40 Å². The normalized spacial score (nSPS) is 23.5. The van der Waals surface area contributed by atoms with E-state index in [0.29, 0.717) is 26.1 Å². The lowest BCUT2D eigenvalue weighted by Crippen LogP contribution is -2.34. The molecule has 1 fully saturated rings. The first-order chi connectivity index (χ1) is 9.27. The molecule has 1 aliphatic heterocycles. The Morgan fingerprint density at radius 1 is 1.52 bits per heavy atom. The van der Waals surface area contributed by atoms with E-state index in [2.05, 4.69) is 5.10 Å². The highest BCUT2D eigenvalue weighted by atomic mass is 35.5.